The molecule has 26 heavy (non-hydrogen) atoms. The molecule has 0 atom stereocenters. The van der Waals surface area contributed by atoms with Gasteiger partial charge in [-0.15, -0.1) is 0 Å². The number of hydrogen-bond donors (Lipinski definition) is 2. The van der Waals surface area contributed by atoms with E-state index in [-0.39, 0.29) is 11.5 Å². The van der Waals surface area contributed by atoms with E-state index in [1.165, 1.54) is 13.2 Å². The molecule has 6 nitrogen and oxygen atoms in total. The third-order valence-corrected chi connectivity index (χ3v) is 4.03. The second-order valence-corrected chi connectivity index (χ2v) is 5.88. The van der Waals surface area contributed by atoms with Gasteiger partial charge in [-0.05, 0) is 62.6 Å². The highest BCUT2D eigenvalue weighted by molar-refractivity contribution is 6.04. The number of allylic oxidation sites excluding steroid dienone is 3. The molecule has 0 saturated heterocycles. The zero-order chi connectivity index (χ0) is 19.3. The quantitative estimate of drug-likeness (QED) is 0.809. The van der Waals surface area contributed by atoms with Crippen LogP contribution in [0.15, 0.2) is 53.0 Å². The van der Waals surface area contributed by atoms with Gasteiger partial charge in [-0.3, -0.25) is 4.79 Å². The SMILES string of the molecule is CCOC1=C(OC)C=C(C(=O)Nc2ccc(C(=O)O)c(C)c2)CC=C1C. The van der Waals surface area contributed by atoms with Crippen LogP contribution in [-0.2, 0) is 14.3 Å². The molecule has 0 aliphatic heterocycles. The minimum Gasteiger partial charge on any atom is -0.493 e. The van der Waals surface area contributed by atoms with Gasteiger partial charge in [-0.2, -0.15) is 0 Å². The number of rotatable bonds is 6. The summed E-state index contributed by atoms with van der Waals surface area (Å²) in [6, 6.07) is 4.69. The van der Waals surface area contributed by atoms with E-state index in [1.54, 1.807) is 25.1 Å². The van der Waals surface area contributed by atoms with Crippen molar-refractivity contribution >= 4 is 17.6 Å². The third-order valence-electron chi connectivity index (χ3n) is 4.03. The molecule has 2 N–H and O–H groups in total. The largest absolute Gasteiger partial charge is 0.493 e. The van der Waals surface area contributed by atoms with E-state index in [0.717, 1.165) is 5.57 Å². The summed E-state index contributed by atoms with van der Waals surface area (Å²) in [6.07, 6.45) is 4.03. The van der Waals surface area contributed by atoms with E-state index >= 15 is 0 Å². The van der Waals surface area contributed by atoms with Crippen molar-refractivity contribution in [2.24, 2.45) is 0 Å². The minimum atomic E-state index is -0.995. The Morgan fingerprint density at radius 2 is 2.00 bits per heavy atom. The number of nitrogens with one attached hydrogen (secondary N) is 1. The first-order chi connectivity index (χ1) is 12.4. The third kappa shape index (κ3) is 4.33. The van der Waals surface area contributed by atoms with Crippen molar-refractivity contribution in [1.29, 1.82) is 0 Å². The van der Waals surface area contributed by atoms with Crippen molar-refractivity contribution in [1.82, 2.24) is 0 Å². The molecule has 2 rings (SSSR count). The summed E-state index contributed by atoms with van der Waals surface area (Å²) >= 11 is 0. The lowest BCUT2D eigenvalue weighted by atomic mass is 10.1. The number of amides is 1. The molecule has 0 radical (unpaired) electrons. The zero-order valence-electron chi connectivity index (χ0n) is 15.4. The maximum atomic E-state index is 12.6. The van der Waals surface area contributed by atoms with Gasteiger partial charge in [-0.25, -0.2) is 4.79 Å². The molecule has 0 heterocycles. The molecular weight excluding hydrogens is 334 g/mol. The number of anilines is 1. The van der Waals surface area contributed by atoms with Gasteiger partial charge < -0.3 is 19.9 Å². The maximum Gasteiger partial charge on any atom is 0.335 e. The average Bonchev–Trinajstić information content (AvgIpc) is 2.75. The molecule has 0 unspecified atom stereocenters. The van der Waals surface area contributed by atoms with Crippen LogP contribution in [0.2, 0.25) is 0 Å². The van der Waals surface area contributed by atoms with Gasteiger partial charge in [0.05, 0.1) is 19.3 Å². The second kappa shape index (κ2) is 8.38. The maximum absolute atomic E-state index is 12.6. The summed E-state index contributed by atoms with van der Waals surface area (Å²) in [5, 5.41) is 11.9. The number of carboxylic acids is 1. The summed E-state index contributed by atoms with van der Waals surface area (Å²) in [6.45, 7) is 5.99. The van der Waals surface area contributed by atoms with Crippen molar-refractivity contribution in [2.45, 2.75) is 27.2 Å². The molecule has 0 saturated carbocycles. The van der Waals surface area contributed by atoms with Crippen LogP contribution in [0.25, 0.3) is 0 Å². The molecule has 1 aromatic carbocycles. The van der Waals surface area contributed by atoms with E-state index in [0.29, 0.717) is 41.4 Å². The lowest BCUT2D eigenvalue weighted by Crippen LogP contribution is -2.15. The highest BCUT2D eigenvalue weighted by Gasteiger charge is 2.18. The fourth-order valence-electron chi connectivity index (χ4n) is 2.66. The van der Waals surface area contributed by atoms with Crippen LogP contribution >= 0.6 is 0 Å². The lowest BCUT2D eigenvalue weighted by molar-refractivity contribution is -0.112. The molecular formula is C20H23NO5. The average molecular weight is 357 g/mol. The van der Waals surface area contributed by atoms with Crippen LogP contribution in [0.1, 0.15) is 36.2 Å². The van der Waals surface area contributed by atoms with Crippen molar-refractivity contribution in [3.8, 4) is 0 Å². The Balaban J connectivity index is 2.27. The molecule has 1 amide bonds. The molecule has 0 aromatic heterocycles. The van der Waals surface area contributed by atoms with Crippen molar-refractivity contribution in [3.63, 3.8) is 0 Å². The normalized spacial score (nSPS) is 14.2. The fourth-order valence-corrected chi connectivity index (χ4v) is 2.66. The smallest absolute Gasteiger partial charge is 0.335 e. The van der Waals surface area contributed by atoms with Crippen LogP contribution in [0.4, 0.5) is 5.69 Å². The molecule has 1 aliphatic rings. The van der Waals surface area contributed by atoms with Crippen molar-refractivity contribution in [2.75, 3.05) is 19.0 Å². The number of aromatic carboxylic acids is 1. The van der Waals surface area contributed by atoms with Crippen LogP contribution < -0.4 is 5.32 Å². The molecule has 0 fully saturated rings. The predicted octanol–water partition coefficient (Wildman–Crippen LogP) is 3.80. The summed E-state index contributed by atoms with van der Waals surface area (Å²) in [7, 11) is 1.53. The number of aryl methyl sites for hydroxylation is 1. The monoisotopic (exact) mass is 357 g/mol. The van der Waals surface area contributed by atoms with E-state index < -0.39 is 5.97 Å². The first kappa shape index (κ1) is 19.3. The lowest BCUT2D eigenvalue weighted by Gasteiger charge is -2.12. The van der Waals surface area contributed by atoms with E-state index in [9.17, 15) is 9.59 Å². The van der Waals surface area contributed by atoms with Gasteiger partial charge in [0.1, 0.15) is 0 Å². The Labute approximate surface area is 152 Å². The molecule has 0 spiro atoms. The number of carbonyl (C=O) groups is 2. The number of benzene rings is 1. The number of carboxylic acid groups (broad SMARTS) is 1. The minimum absolute atomic E-state index is 0.209. The van der Waals surface area contributed by atoms with Gasteiger partial charge >= 0.3 is 5.97 Å². The first-order valence-electron chi connectivity index (χ1n) is 8.31. The predicted molar refractivity (Wildman–Crippen MR) is 98.9 cm³/mol. The first-order valence-corrected chi connectivity index (χ1v) is 8.31. The Kier molecular flexibility index (Phi) is 6.22. The highest BCUT2D eigenvalue weighted by atomic mass is 16.5. The molecule has 1 aromatic rings. The Hall–Kier alpha value is -3.02. The van der Waals surface area contributed by atoms with Gasteiger partial charge in [0.2, 0.25) is 0 Å². The van der Waals surface area contributed by atoms with E-state index in [4.69, 9.17) is 14.6 Å². The Bertz CT molecular complexity index is 817. The van der Waals surface area contributed by atoms with Crippen molar-refractivity contribution in [3.05, 3.63) is 64.1 Å². The Morgan fingerprint density at radius 3 is 2.58 bits per heavy atom. The number of hydrogen-bond acceptors (Lipinski definition) is 4. The number of carbonyl (C=O) groups excluding carboxylic acids is 1. The fraction of sp³-hybridized carbons (Fsp3) is 0.300. The van der Waals surface area contributed by atoms with Gasteiger partial charge in [0.15, 0.2) is 11.5 Å². The highest BCUT2D eigenvalue weighted by Crippen LogP contribution is 2.26. The molecule has 6 heteroatoms. The second-order valence-electron chi connectivity index (χ2n) is 5.88. The van der Waals surface area contributed by atoms with Gasteiger partial charge in [0, 0.05) is 11.3 Å². The molecule has 138 valence electrons. The summed E-state index contributed by atoms with van der Waals surface area (Å²) in [5.41, 5.74) is 2.76. The Morgan fingerprint density at radius 1 is 1.27 bits per heavy atom. The van der Waals surface area contributed by atoms with E-state index in [2.05, 4.69) is 5.32 Å². The molecule has 1 aliphatic carbocycles. The molecule has 0 bridgehead atoms. The van der Waals surface area contributed by atoms with Crippen LogP contribution in [0.3, 0.4) is 0 Å². The number of ether oxygens (including phenoxy) is 2. The standard InChI is InChI=1S/C20H23NO5/c1-5-26-18-12(2)6-7-14(11-17(18)25-4)19(22)21-15-8-9-16(20(23)24)13(3)10-15/h6,8-11H,5,7H2,1-4H3,(H,21,22)(H,23,24). The van der Waals surface area contributed by atoms with Gasteiger partial charge in [0.25, 0.3) is 5.91 Å². The number of methoxy groups -OCH3 is 1. The van der Waals surface area contributed by atoms with Crippen LogP contribution in [0.5, 0.6) is 0 Å². The topological polar surface area (TPSA) is 84.9 Å². The zero-order valence-corrected chi connectivity index (χ0v) is 15.4. The summed E-state index contributed by atoms with van der Waals surface area (Å²) in [5.74, 6) is -0.144. The van der Waals surface area contributed by atoms with Crippen LogP contribution in [0, 0.1) is 6.92 Å². The van der Waals surface area contributed by atoms with Gasteiger partial charge in [-0.1, -0.05) is 6.08 Å². The van der Waals surface area contributed by atoms with E-state index in [1.807, 2.05) is 19.9 Å². The van der Waals surface area contributed by atoms with Crippen LogP contribution in [-0.4, -0.2) is 30.7 Å². The van der Waals surface area contributed by atoms with Crippen molar-refractivity contribution < 1.29 is 24.2 Å². The summed E-state index contributed by atoms with van der Waals surface area (Å²) in [4.78, 5) is 23.7. The summed E-state index contributed by atoms with van der Waals surface area (Å²) < 4.78 is 11.0.